The van der Waals surface area contributed by atoms with E-state index in [2.05, 4.69) is 0 Å². The highest BCUT2D eigenvalue weighted by Crippen LogP contribution is 2.49. The van der Waals surface area contributed by atoms with E-state index in [1.165, 1.54) is 18.2 Å². The van der Waals surface area contributed by atoms with Crippen LogP contribution in [0, 0.1) is 17.8 Å². The third kappa shape index (κ3) is 5.79. The van der Waals surface area contributed by atoms with E-state index in [4.69, 9.17) is 23.7 Å². The average Bonchev–Trinajstić information content (AvgIpc) is 3.18. The molecule has 0 unspecified atom stereocenters. The van der Waals surface area contributed by atoms with Gasteiger partial charge in [0, 0.05) is 17.9 Å². The van der Waals surface area contributed by atoms with Gasteiger partial charge in [-0.1, -0.05) is 19.1 Å². The fraction of sp³-hybridized carbons (Fsp3) is 0.538. The maximum Gasteiger partial charge on any atom is 0.337 e. The number of phenolic OH excluding ortho intramolecular Hbond substituents is 1. The molecular weight excluding hydrogens is 520 g/mol. The van der Waals surface area contributed by atoms with E-state index < -0.39 is 85.5 Å². The summed E-state index contributed by atoms with van der Waals surface area (Å²) in [5.41, 5.74) is 0.594. The van der Waals surface area contributed by atoms with Crippen molar-refractivity contribution in [1.82, 2.24) is 0 Å². The smallest absolute Gasteiger partial charge is 0.337 e. The van der Waals surface area contributed by atoms with Crippen LogP contribution in [0.2, 0.25) is 0 Å². The number of rotatable bonds is 7. The van der Waals surface area contributed by atoms with E-state index in [0.29, 0.717) is 5.56 Å². The molecule has 2 aliphatic heterocycles. The molecule has 0 amide bonds. The van der Waals surface area contributed by atoms with E-state index in [-0.39, 0.29) is 11.3 Å². The first-order valence-corrected chi connectivity index (χ1v) is 12.3. The first kappa shape index (κ1) is 29.0. The van der Waals surface area contributed by atoms with Crippen LogP contribution in [-0.4, -0.2) is 105 Å². The Bertz CT molecular complexity index is 1080. The van der Waals surface area contributed by atoms with Crippen molar-refractivity contribution < 1.29 is 63.9 Å². The summed E-state index contributed by atoms with van der Waals surface area (Å²) in [5.74, 6) is -3.95. The topological polar surface area (TPSA) is 202 Å². The first-order valence-electron chi connectivity index (χ1n) is 12.3. The van der Waals surface area contributed by atoms with Crippen LogP contribution < -0.4 is 0 Å². The highest BCUT2D eigenvalue weighted by atomic mass is 16.8. The molecule has 1 saturated carbocycles. The predicted octanol–water partition coefficient (Wildman–Crippen LogP) is -1.21. The molecule has 0 aromatic heterocycles. The van der Waals surface area contributed by atoms with Crippen LogP contribution in [-0.2, 0) is 33.3 Å². The van der Waals surface area contributed by atoms with Gasteiger partial charge in [0.1, 0.15) is 36.3 Å². The highest BCUT2D eigenvalue weighted by Gasteiger charge is 2.59. The van der Waals surface area contributed by atoms with Crippen molar-refractivity contribution in [3.8, 4) is 5.75 Å². The molecule has 1 saturated heterocycles. The SMILES string of the molecule is COC(=O)C1=CO[C@H](O[C@@H]2O[C@@H](CO)[C@@H](O)[C@@H](O)[C@H]2O)[C@@H]2[C@H](C)[C@@H](O)[C@@H](OC(=O)C=Cc3ccc(O)cc3)[C@@H]12. The van der Waals surface area contributed by atoms with Gasteiger partial charge in [-0.15, -0.1) is 0 Å². The molecule has 0 radical (unpaired) electrons. The van der Waals surface area contributed by atoms with Crippen molar-refractivity contribution in [3.63, 3.8) is 0 Å². The number of carbonyl (C=O) groups is 2. The van der Waals surface area contributed by atoms with Gasteiger partial charge in [-0.05, 0) is 29.7 Å². The number of aliphatic hydroxyl groups is 5. The molecule has 0 spiro atoms. The number of methoxy groups -OCH3 is 1. The standard InChI is InChI=1S/C26H32O13/c1-11-17-18(23(19(11)30)38-16(29)8-5-12-3-6-13(28)7-4-12)14(24(34)35-2)10-36-25(17)39-26-22(33)21(32)20(31)15(9-27)37-26/h3-8,10-11,15,17-23,25-28,30-33H,9H2,1-2H3/t11-,15-,17+,18-,19+,20+,21+,22+,23-,25+,26-/m0/s1. The van der Waals surface area contributed by atoms with Crippen molar-refractivity contribution >= 4 is 18.0 Å². The van der Waals surface area contributed by atoms with Crippen molar-refractivity contribution in [2.75, 3.05) is 13.7 Å². The molecule has 3 aliphatic rings. The second-order valence-electron chi connectivity index (χ2n) is 9.68. The maximum atomic E-state index is 12.7. The van der Waals surface area contributed by atoms with Gasteiger partial charge in [0.2, 0.25) is 6.29 Å². The minimum absolute atomic E-state index is 0.0140. The zero-order chi connectivity index (χ0) is 28.4. The quantitative estimate of drug-likeness (QED) is 0.174. The summed E-state index contributed by atoms with van der Waals surface area (Å²) in [4.78, 5) is 25.3. The molecule has 1 aromatic carbocycles. The number of ether oxygens (including phenoxy) is 5. The lowest BCUT2D eigenvalue weighted by Crippen LogP contribution is -2.60. The molecular formula is C26H32O13. The lowest BCUT2D eigenvalue weighted by atomic mass is 9.82. The predicted molar refractivity (Wildman–Crippen MR) is 129 cm³/mol. The van der Waals surface area contributed by atoms with E-state index in [0.717, 1.165) is 19.4 Å². The number of aliphatic hydroxyl groups excluding tert-OH is 5. The van der Waals surface area contributed by atoms with Gasteiger partial charge >= 0.3 is 11.9 Å². The fourth-order valence-corrected chi connectivity index (χ4v) is 5.20. The second kappa shape index (κ2) is 12.0. The summed E-state index contributed by atoms with van der Waals surface area (Å²) in [6.07, 6.45) is -7.85. The van der Waals surface area contributed by atoms with Crippen LogP contribution in [0.1, 0.15) is 12.5 Å². The molecule has 13 nitrogen and oxygen atoms in total. The van der Waals surface area contributed by atoms with Gasteiger partial charge in [0.25, 0.3) is 0 Å². The number of benzene rings is 1. The number of aromatic hydroxyl groups is 1. The number of esters is 2. The molecule has 1 aliphatic carbocycles. The Kier molecular flexibility index (Phi) is 8.91. The third-order valence-corrected chi connectivity index (χ3v) is 7.35. The van der Waals surface area contributed by atoms with Crippen LogP contribution >= 0.6 is 0 Å². The molecule has 1 aromatic rings. The van der Waals surface area contributed by atoms with Crippen molar-refractivity contribution in [1.29, 1.82) is 0 Å². The van der Waals surface area contributed by atoms with E-state index in [9.17, 15) is 40.2 Å². The Hall–Kier alpha value is -3.04. The molecule has 6 N–H and O–H groups in total. The number of carbonyl (C=O) groups excluding carboxylic acids is 2. The zero-order valence-electron chi connectivity index (χ0n) is 21.1. The number of hydrogen-bond acceptors (Lipinski definition) is 13. The zero-order valence-corrected chi connectivity index (χ0v) is 21.1. The van der Waals surface area contributed by atoms with Crippen molar-refractivity contribution in [2.24, 2.45) is 17.8 Å². The summed E-state index contributed by atoms with van der Waals surface area (Å²) < 4.78 is 27.3. The second-order valence-corrected chi connectivity index (χ2v) is 9.68. The molecule has 0 bridgehead atoms. The Morgan fingerprint density at radius 3 is 2.33 bits per heavy atom. The van der Waals surface area contributed by atoms with Gasteiger partial charge in [0.05, 0.1) is 31.7 Å². The van der Waals surface area contributed by atoms with Crippen LogP contribution in [0.15, 0.2) is 42.2 Å². The largest absolute Gasteiger partial charge is 0.508 e. The summed E-state index contributed by atoms with van der Waals surface area (Å²) in [6.45, 7) is 0.968. The van der Waals surface area contributed by atoms with E-state index >= 15 is 0 Å². The van der Waals surface area contributed by atoms with Crippen LogP contribution in [0.4, 0.5) is 0 Å². The lowest BCUT2D eigenvalue weighted by molar-refractivity contribution is -0.343. The van der Waals surface area contributed by atoms with E-state index in [1.807, 2.05) is 0 Å². The summed E-state index contributed by atoms with van der Waals surface area (Å²) in [6, 6.07) is 6.06. The van der Waals surface area contributed by atoms with Crippen molar-refractivity contribution in [2.45, 2.75) is 56.1 Å². The van der Waals surface area contributed by atoms with E-state index in [1.54, 1.807) is 19.1 Å². The molecule has 13 heteroatoms. The van der Waals surface area contributed by atoms with Gasteiger partial charge in [0.15, 0.2) is 6.29 Å². The molecule has 2 fully saturated rings. The minimum Gasteiger partial charge on any atom is -0.508 e. The molecule has 2 heterocycles. The number of fused-ring (bicyclic) bond motifs is 1. The third-order valence-electron chi connectivity index (χ3n) is 7.35. The normalized spacial score (nSPS) is 38.0. The van der Waals surface area contributed by atoms with Gasteiger partial charge in [-0.25, -0.2) is 9.59 Å². The number of hydrogen-bond donors (Lipinski definition) is 6. The maximum absolute atomic E-state index is 12.7. The lowest BCUT2D eigenvalue weighted by Gasteiger charge is -2.43. The molecule has 4 rings (SSSR count). The monoisotopic (exact) mass is 552 g/mol. The van der Waals surface area contributed by atoms with Gasteiger partial charge < -0.3 is 54.3 Å². The molecule has 39 heavy (non-hydrogen) atoms. The minimum atomic E-state index is -1.71. The molecule has 214 valence electrons. The van der Waals surface area contributed by atoms with Crippen LogP contribution in [0.5, 0.6) is 5.75 Å². The Labute approximate surface area is 223 Å². The summed E-state index contributed by atoms with van der Waals surface area (Å²) in [5, 5.41) is 60.5. The Morgan fingerprint density at radius 2 is 1.69 bits per heavy atom. The Balaban J connectivity index is 1.56. The fourth-order valence-electron chi connectivity index (χ4n) is 5.20. The summed E-state index contributed by atoms with van der Waals surface area (Å²) >= 11 is 0. The summed E-state index contributed by atoms with van der Waals surface area (Å²) in [7, 11) is 1.16. The first-order chi connectivity index (χ1) is 18.6. The van der Waals surface area contributed by atoms with Gasteiger partial charge in [-0.2, -0.15) is 0 Å². The van der Waals surface area contributed by atoms with Crippen LogP contribution in [0.25, 0.3) is 6.08 Å². The van der Waals surface area contributed by atoms with Crippen molar-refractivity contribution in [3.05, 3.63) is 47.7 Å². The Morgan fingerprint density at radius 1 is 1.00 bits per heavy atom. The highest BCUT2D eigenvalue weighted by molar-refractivity contribution is 5.90. The van der Waals surface area contributed by atoms with Crippen LogP contribution in [0.3, 0.4) is 0 Å². The average molecular weight is 553 g/mol. The van der Waals surface area contributed by atoms with Gasteiger partial charge in [-0.3, -0.25) is 0 Å². The molecule has 11 atom stereocenters. The number of phenols is 1.